The maximum atomic E-state index is 12.4. The average molecular weight is 339 g/mol. The second kappa shape index (κ2) is 6.37. The molecule has 0 bridgehead atoms. The number of rotatable bonds is 4. The highest BCUT2D eigenvalue weighted by Gasteiger charge is 2.27. The molecule has 0 radical (unpaired) electrons. The zero-order valence-electron chi connectivity index (χ0n) is 13.1. The summed E-state index contributed by atoms with van der Waals surface area (Å²) in [6, 6.07) is 6.74. The van der Waals surface area contributed by atoms with Crippen LogP contribution in [0.5, 0.6) is 0 Å². The molecule has 0 atom stereocenters. The molecule has 7 nitrogen and oxygen atoms in total. The van der Waals surface area contributed by atoms with Crippen molar-refractivity contribution in [3.8, 4) is 0 Å². The lowest BCUT2D eigenvalue weighted by atomic mass is 10.0. The van der Waals surface area contributed by atoms with Crippen LogP contribution in [0.4, 0.5) is 16.2 Å². The van der Waals surface area contributed by atoms with E-state index in [9.17, 15) is 13.2 Å². The quantitative estimate of drug-likeness (QED) is 0.910. The Morgan fingerprint density at radius 3 is 2.35 bits per heavy atom. The highest BCUT2D eigenvalue weighted by atomic mass is 32.2. The number of benzene rings is 1. The van der Waals surface area contributed by atoms with E-state index < -0.39 is 10.2 Å². The van der Waals surface area contributed by atoms with E-state index in [1.165, 1.54) is 9.21 Å². The molecule has 0 aromatic heterocycles. The molecule has 1 aromatic rings. The van der Waals surface area contributed by atoms with Gasteiger partial charge in [-0.1, -0.05) is 6.92 Å². The minimum Gasteiger partial charge on any atom is -0.447 e. The molecule has 2 heterocycles. The first kappa shape index (κ1) is 16.1. The summed E-state index contributed by atoms with van der Waals surface area (Å²) in [5.74, 6) is 0.570. The van der Waals surface area contributed by atoms with E-state index in [1.807, 2.05) is 0 Å². The predicted molar refractivity (Wildman–Crippen MR) is 87.6 cm³/mol. The zero-order valence-corrected chi connectivity index (χ0v) is 13.9. The summed E-state index contributed by atoms with van der Waals surface area (Å²) < 4.78 is 33.7. The van der Waals surface area contributed by atoms with E-state index in [1.54, 1.807) is 24.3 Å². The lowest BCUT2D eigenvalue weighted by Gasteiger charge is -2.29. The van der Waals surface area contributed by atoms with Crippen molar-refractivity contribution in [1.82, 2.24) is 4.31 Å². The normalized spacial score (nSPS) is 20.6. The Kier molecular flexibility index (Phi) is 4.45. The van der Waals surface area contributed by atoms with Crippen LogP contribution in [-0.2, 0) is 14.9 Å². The van der Waals surface area contributed by atoms with Crippen LogP contribution in [0.25, 0.3) is 0 Å². The molecule has 0 unspecified atom stereocenters. The van der Waals surface area contributed by atoms with E-state index in [-0.39, 0.29) is 6.09 Å². The minimum absolute atomic E-state index is 0.374. The van der Waals surface area contributed by atoms with Gasteiger partial charge in [0.05, 0.1) is 6.54 Å². The van der Waals surface area contributed by atoms with Crippen LogP contribution in [0, 0.1) is 5.92 Å². The molecule has 2 saturated heterocycles. The van der Waals surface area contributed by atoms with Gasteiger partial charge < -0.3 is 4.74 Å². The number of hydrogen-bond donors (Lipinski definition) is 1. The topological polar surface area (TPSA) is 79.0 Å². The molecular weight excluding hydrogens is 318 g/mol. The largest absolute Gasteiger partial charge is 0.447 e. The standard InChI is InChI=1S/C15H21N3O4S/c1-12-6-8-17(9-7-12)23(20,21)16-13-2-4-14(5-3-13)18-10-11-22-15(18)19/h2-5,12,16H,6-11H2,1H3. The van der Waals surface area contributed by atoms with Crippen molar-refractivity contribution >= 4 is 27.7 Å². The Morgan fingerprint density at radius 2 is 1.78 bits per heavy atom. The molecule has 126 valence electrons. The van der Waals surface area contributed by atoms with Crippen LogP contribution in [0.2, 0.25) is 0 Å². The van der Waals surface area contributed by atoms with Gasteiger partial charge in [0.1, 0.15) is 6.61 Å². The van der Waals surface area contributed by atoms with Gasteiger partial charge in [-0.2, -0.15) is 12.7 Å². The van der Waals surface area contributed by atoms with Crippen LogP contribution in [-0.4, -0.2) is 45.1 Å². The van der Waals surface area contributed by atoms with Crippen molar-refractivity contribution in [3.63, 3.8) is 0 Å². The second-order valence-corrected chi connectivity index (χ2v) is 7.67. The molecule has 3 rings (SSSR count). The van der Waals surface area contributed by atoms with Crippen molar-refractivity contribution < 1.29 is 17.9 Å². The van der Waals surface area contributed by atoms with Crippen molar-refractivity contribution in [3.05, 3.63) is 24.3 Å². The lowest BCUT2D eigenvalue weighted by molar-refractivity contribution is 0.181. The van der Waals surface area contributed by atoms with Gasteiger partial charge in [0, 0.05) is 24.5 Å². The van der Waals surface area contributed by atoms with Crippen LogP contribution < -0.4 is 9.62 Å². The van der Waals surface area contributed by atoms with Crippen LogP contribution in [0.1, 0.15) is 19.8 Å². The maximum absolute atomic E-state index is 12.4. The maximum Gasteiger partial charge on any atom is 0.414 e. The van der Waals surface area contributed by atoms with Gasteiger partial charge in [-0.05, 0) is 43.0 Å². The van der Waals surface area contributed by atoms with E-state index in [0.717, 1.165) is 12.8 Å². The zero-order chi connectivity index (χ0) is 16.4. The summed E-state index contributed by atoms with van der Waals surface area (Å²) >= 11 is 0. The average Bonchev–Trinajstić information content (AvgIpc) is 2.94. The van der Waals surface area contributed by atoms with Crippen molar-refractivity contribution in [2.24, 2.45) is 5.92 Å². The number of nitrogens with zero attached hydrogens (tertiary/aromatic N) is 2. The molecule has 1 amide bonds. The third-order valence-electron chi connectivity index (χ3n) is 4.27. The molecule has 8 heteroatoms. The van der Waals surface area contributed by atoms with Crippen LogP contribution in [0.15, 0.2) is 24.3 Å². The summed E-state index contributed by atoms with van der Waals surface area (Å²) in [6.45, 7) is 4.12. The number of nitrogens with one attached hydrogen (secondary N) is 1. The van der Waals surface area contributed by atoms with Crippen molar-refractivity contribution in [2.75, 3.05) is 35.9 Å². The van der Waals surface area contributed by atoms with E-state index in [2.05, 4.69) is 11.6 Å². The smallest absolute Gasteiger partial charge is 0.414 e. The first-order valence-electron chi connectivity index (χ1n) is 7.78. The highest BCUT2D eigenvalue weighted by Crippen LogP contribution is 2.23. The summed E-state index contributed by atoms with van der Waals surface area (Å²) in [6.07, 6.45) is 1.40. The molecule has 0 spiro atoms. The summed E-state index contributed by atoms with van der Waals surface area (Å²) in [5.41, 5.74) is 1.18. The molecule has 2 aliphatic rings. The minimum atomic E-state index is -3.52. The number of ether oxygens (including phenoxy) is 1. The molecular formula is C15H21N3O4S. The Bertz CT molecular complexity index is 666. The van der Waals surface area contributed by atoms with E-state index in [0.29, 0.717) is 43.5 Å². The predicted octanol–water partition coefficient (Wildman–Crippen LogP) is 2.03. The summed E-state index contributed by atoms with van der Waals surface area (Å²) in [7, 11) is -3.52. The van der Waals surface area contributed by atoms with Gasteiger partial charge in [-0.25, -0.2) is 4.79 Å². The first-order valence-corrected chi connectivity index (χ1v) is 9.22. The highest BCUT2D eigenvalue weighted by molar-refractivity contribution is 7.90. The molecule has 1 N–H and O–H groups in total. The van der Waals surface area contributed by atoms with Gasteiger partial charge >= 0.3 is 16.3 Å². The van der Waals surface area contributed by atoms with Crippen molar-refractivity contribution in [1.29, 1.82) is 0 Å². The number of cyclic esters (lactones) is 1. The molecule has 0 saturated carbocycles. The number of hydrogen-bond acceptors (Lipinski definition) is 4. The third kappa shape index (κ3) is 3.59. The number of anilines is 2. The first-order chi connectivity index (χ1) is 11.0. The van der Waals surface area contributed by atoms with Gasteiger partial charge in [0.15, 0.2) is 0 Å². The third-order valence-corrected chi connectivity index (χ3v) is 5.81. The number of piperidine rings is 1. The Hall–Kier alpha value is -1.80. The van der Waals surface area contributed by atoms with Gasteiger partial charge in [-0.3, -0.25) is 9.62 Å². The van der Waals surface area contributed by atoms with Crippen LogP contribution >= 0.6 is 0 Å². The number of amides is 1. The Balaban J connectivity index is 1.67. The number of carbonyl (C=O) groups excluding carboxylic acids is 1. The van der Waals surface area contributed by atoms with E-state index >= 15 is 0 Å². The SMILES string of the molecule is CC1CCN(S(=O)(=O)Nc2ccc(N3CCOC3=O)cc2)CC1. The summed E-state index contributed by atoms with van der Waals surface area (Å²) in [4.78, 5) is 13.0. The lowest BCUT2D eigenvalue weighted by Crippen LogP contribution is -2.41. The Morgan fingerprint density at radius 1 is 1.13 bits per heavy atom. The second-order valence-electron chi connectivity index (χ2n) is 6.00. The molecule has 23 heavy (non-hydrogen) atoms. The van der Waals surface area contributed by atoms with Gasteiger partial charge in [0.25, 0.3) is 0 Å². The molecule has 2 aliphatic heterocycles. The number of carbonyl (C=O) groups is 1. The van der Waals surface area contributed by atoms with Crippen LogP contribution in [0.3, 0.4) is 0 Å². The summed E-state index contributed by atoms with van der Waals surface area (Å²) in [5, 5.41) is 0. The van der Waals surface area contributed by atoms with Gasteiger partial charge in [-0.15, -0.1) is 0 Å². The monoisotopic (exact) mass is 339 g/mol. The fourth-order valence-corrected chi connectivity index (χ4v) is 4.03. The Labute approximate surface area is 136 Å². The fourth-order valence-electron chi connectivity index (χ4n) is 2.78. The molecule has 2 fully saturated rings. The van der Waals surface area contributed by atoms with E-state index in [4.69, 9.17) is 4.74 Å². The van der Waals surface area contributed by atoms with Gasteiger partial charge in [0.2, 0.25) is 0 Å². The molecule has 0 aliphatic carbocycles. The van der Waals surface area contributed by atoms with Crippen molar-refractivity contribution in [2.45, 2.75) is 19.8 Å². The molecule has 1 aromatic carbocycles. The fraction of sp³-hybridized carbons (Fsp3) is 0.533.